The van der Waals surface area contributed by atoms with Gasteiger partial charge in [-0.15, -0.1) is 21.5 Å². The van der Waals surface area contributed by atoms with Crippen LogP contribution in [0.25, 0.3) is 10.8 Å². The quantitative estimate of drug-likeness (QED) is 0.536. The van der Waals surface area contributed by atoms with E-state index in [1.807, 2.05) is 29.3 Å². The molecule has 8 nitrogen and oxygen atoms in total. The molecular formula is C20H22N4O4S. The molecule has 0 aliphatic carbocycles. The smallest absolute Gasteiger partial charge is 0.339 e. The van der Waals surface area contributed by atoms with Crippen molar-refractivity contribution in [3.8, 4) is 10.8 Å². The van der Waals surface area contributed by atoms with E-state index in [0.29, 0.717) is 36.1 Å². The summed E-state index contributed by atoms with van der Waals surface area (Å²) in [5, 5.41) is 12.9. The van der Waals surface area contributed by atoms with Gasteiger partial charge in [-0.3, -0.25) is 9.69 Å². The number of thiophene rings is 1. The van der Waals surface area contributed by atoms with E-state index in [0.717, 1.165) is 11.3 Å². The van der Waals surface area contributed by atoms with Crippen LogP contribution in [-0.2, 0) is 16.1 Å². The number of anilines is 1. The minimum absolute atomic E-state index is 0.125. The summed E-state index contributed by atoms with van der Waals surface area (Å²) in [5.41, 5.74) is 0.724. The van der Waals surface area contributed by atoms with Crippen LogP contribution in [0, 0.1) is 0 Å². The lowest BCUT2D eigenvalue weighted by Gasteiger charge is -2.19. The van der Waals surface area contributed by atoms with Crippen LogP contribution in [0.4, 0.5) is 5.69 Å². The zero-order valence-corrected chi connectivity index (χ0v) is 17.1. The molecule has 0 spiro atoms. The second-order valence-electron chi connectivity index (χ2n) is 6.27. The molecule has 1 amide bonds. The Bertz CT molecular complexity index is 955. The van der Waals surface area contributed by atoms with Gasteiger partial charge in [0.1, 0.15) is 0 Å². The molecule has 0 atom stereocenters. The molecule has 0 bridgehead atoms. The number of ether oxygens (including phenoxy) is 1. The summed E-state index contributed by atoms with van der Waals surface area (Å²) >= 11 is 1.52. The normalized spacial score (nSPS) is 10.9. The lowest BCUT2D eigenvalue weighted by molar-refractivity contribution is -0.117. The van der Waals surface area contributed by atoms with Gasteiger partial charge in [0.2, 0.25) is 11.8 Å². The summed E-state index contributed by atoms with van der Waals surface area (Å²) in [6.07, 6.45) is 0.859. The minimum Gasteiger partial charge on any atom is -0.465 e. The molecule has 0 radical (unpaired) electrons. The van der Waals surface area contributed by atoms with Crippen molar-refractivity contribution in [1.82, 2.24) is 15.1 Å². The predicted molar refractivity (Wildman–Crippen MR) is 110 cm³/mol. The summed E-state index contributed by atoms with van der Waals surface area (Å²) < 4.78 is 10.5. The fourth-order valence-corrected chi connectivity index (χ4v) is 3.46. The highest BCUT2D eigenvalue weighted by Crippen LogP contribution is 2.23. The average Bonchev–Trinajstić information content (AvgIpc) is 3.39. The number of aromatic nitrogens is 2. The van der Waals surface area contributed by atoms with Gasteiger partial charge in [-0.2, -0.15) is 0 Å². The summed E-state index contributed by atoms with van der Waals surface area (Å²) in [5.74, 6) is 0.179. The zero-order chi connectivity index (χ0) is 20.6. The number of nitrogens with zero attached hydrogens (tertiary/aromatic N) is 3. The number of hydrogen-bond acceptors (Lipinski definition) is 8. The Labute approximate surface area is 172 Å². The van der Waals surface area contributed by atoms with Crippen molar-refractivity contribution in [3.63, 3.8) is 0 Å². The van der Waals surface area contributed by atoms with Gasteiger partial charge < -0.3 is 14.5 Å². The molecule has 152 valence electrons. The standard InChI is InChI=1S/C20H22N4O4S/c1-3-10-24(13-18-22-23-19(28-18)16-9-6-11-29-16)12-17(25)21-15-8-5-4-7-14(15)20(26)27-2/h4-9,11H,3,10,12-13H2,1-2H3,(H,21,25). The van der Waals surface area contributed by atoms with Crippen molar-refractivity contribution in [1.29, 1.82) is 0 Å². The van der Waals surface area contributed by atoms with Crippen LogP contribution in [0.2, 0.25) is 0 Å². The van der Waals surface area contributed by atoms with Crippen LogP contribution in [0.1, 0.15) is 29.6 Å². The average molecular weight is 414 g/mol. The lowest BCUT2D eigenvalue weighted by Crippen LogP contribution is -2.34. The van der Waals surface area contributed by atoms with Gasteiger partial charge in [0.05, 0.1) is 36.3 Å². The Morgan fingerprint density at radius 1 is 1.21 bits per heavy atom. The van der Waals surface area contributed by atoms with E-state index < -0.39 is 5.97 Å². The molecule has 3 aromatic rings. The first-order chi connectivity index (χ1) is 14.1. The molecule has 1 aromatic carbocycles. The number of benzene rings is 1. The number of amides is 1. The summed E-state index contributed by atoms with van der Waals surface area (Å²) in [7, 11) is 1.30. The van der Waals surface area contributed by atoms with Crippen LogP contribution in [0.3, 0.4) is 0 Å². The minimum atomic E-state index is -0.502. The van der Waals surface area contributed by atoms with Crippen molar-refractivity contribution in [3.05, 3.63) is 53.2 Å². The number of carbonyl (C=O) groups excluding carboxylic acids is 2. The molecule has 0 aliphatic rings. The Morgan fingerprint density at radius 2 is 2.03 bits per heavy atom. The third kappa shape index (κ3) is 5.49. The molecule has 0 saturated carbocycles. The maximum Gasteiger partial charge on any atom is 0.339 e. The number of hydrogen-bond donors (Lipinski definition) is 1. The molecule has 0 unspecified atom stereocenters. The first-order valence-corrected chi connectivity index (χ1v) is 10.0. The van der Waals surface area contributed by atoms with Gasteiger partial charge in [0.15, 0.2) is 0 Å². The molecule has 0 saturated heterocycles. The molecule has 1 N–H and O–H groups in total. The third-order valence-corrected chi connectivity index (χ3v) is 4.93. The van der Waals surface area contributed by atoms with Gasteiger partial charge >= 0.3 is 5.97 Å². The molecule has 2 aromatic heterocycles. The fraction of sp³-hybridized carbons (Fsp3) is 0.300. The van der Waals surface area contributed by atoms with E-state index in [1.54, 1.807) is 24.3 Å². The largest absolute Gasteiger partial charge is 0.465 e. The predicted octanol–water partition coefficient (Wildman–Crippen LogP) is 3.44. The highest BCUT2D eigenvalue weighted by Gasteiger charge is 2.18. The Hall–Kier alpha value is -3.04. The molecule has 9 heteroatoms. The number of carbonyl (C=O) groups is 2. The van der Waals surface area contributed by atoms with Gasteiger partial charge in [-0.1, -0.05) is 25.1 Å². The molecule has 29 heavy (non-hydrogen) atoms. The molecule has 0 aliphatic heterocycles. The lowest BCUT2D eigenvalue weighted by atomic mass is 10.2. The SMILES string of the molecule is CCCN(CC(=O)Nc1ccccc1C(=O)OC)Cc1nnc(-c2cccs2)o1. The maximum absolute atomic E-state index is 12.6. The van der Waals surface area contributed by atoms with Crippen LogP contribution >= 0.6 is 11.3 Å². The van der Waals surface area contributed by atoms with Crippen molar-refractivity contribution >= 4 is 28.9 Å². The highest BCUT2D eigenvalue weighted by molar-refractivity contribution is 7.13. The van der Waals surface area contributed by atoms with E-state index >= 15 is 0 Å². The number of esters is 1. The molecule has 0 fully saturated rings. The first-order valence-electron chi connectivity index (χ1n) is 9.16. The van der Waals surface area contributed by atoms with E-state index in [2.05, 4.69) is 15.5 Å². The van der Waals surface area contributed by atoms with E-state index in [-0.39, 0.29) is 12.5 Å². The molecule has 3 rings (SSSR count). The number of rotatable bonds is 9. The van der Waals surface area contributed by atoms with Crippen molar-refractivity contribution in [2.24, 2.45) is 0 Å². The van der Waals surface area contributed by atoms with E-state index in [4.69, 9.17) is 9.15 Å². The summed E-state index contributed by atoms with van der Waals surface area (Å²) in [4.78, 5) is 27.3. The van der Waals surface area contributed by atoms with Crippen molar-refractivity contribution < 1.29 is 18.7 Å². The number of para-hydroxylation sites is 1. The van der Waals surface area contributed by atoms with Crippen molar-refractivity contribution in [2.75, 3.05) is 25.5 Å². The number of nitrogens with one attached hydrogen (secondary N) is 1. The number of methoxy groups -OCH3 is 1. The van der Waals surface area contributed by atoms with Crippen LogP contribution in [0.15, 0.2) is 46.2 Å². The summed E-state index contributed by atoms with van der Waals surface area (Å²) in [6, 6.07) is 10.6. The highest BCUT2D eigenvalue weighted by atomic mass is 32.1. The Balaban J connectivity index is 1.65. The zero-order valence-electron chi connectivity index (χ0n) is 16.3. The Morgan fingerprint density at radius 3 is 2.76 bits per heavy atom. The van der Waals surface area contributed by atoms with E-state index in [9.17, 15) is 9.59 Å². The molecule has 2 heterocycles. The van der Waals surface area contributed by atoms with Crippen LogP contribution in [0.5, 0.6) is 0 Å². The monoisotopic (exact) mass is 414 g/mol. The Kier molecular flexibility index (Phi) is 7.09. The fourth-order valence-electron chi connectivity index (χ4n) is 2.81. The van der Waals surface area contributed by atoms with Gasteiger partial charge in [0.25, 0.3) is 5.89 Å². The first kappa shape index (κ1) is 20.7. The maximum atomic E-state index is 12.6. The van der Waals surface area contributed by atoms with Gasteiger partial charge in [0, 0.05) is 0 Å². The van der Waals surface area contributed by atoms with Gasteiger partial charge in [-0.05, 0) is 36.5 Å². The van der Waals surface area contributed by atoms with Crippen LogP contribution < -0.4 is 5.32 Å². The second-order valence-corrected chi connectivity index (χ2v) is 7.22. The topological polar surface area (TPSA) is 97.6 Å². The molecular weight excluding hydrogens is 392 g/mol. The third-order valence-electron chi connectivity index (χ3n) is 4.07. The van der Waals surface area contributed by atoms with Gasteiger partial charge in [-0.25, -0.2) is 4.79 Å². The van der Waals surface area contributed by atoms with E-state index in [1.165, 1.54) is 18.4 Å². The van der Waals surface area contributed by atoms with Crippen LogP contribution in [-0.4, -0.2) is 47.2 Å². The van der Waals surface area contributed by atoms with Crippen molar-refractivity contribution in [2.45, 2.75) is 19.9 Å². The summed E-state index contributed by atoms with van der Waals surface area (Å²) in [6.45, 7) is 3.20. The second kappa shape index (κ2) is 9.94.